The molecule has 1 saturated heterocycles. The summed E-state index contributed by atoms with van der Waals surface area (Å²) in [7, 11) is 0. The number of piperidine rings is 1. The summed E-state index contributed by atoms with van der Waals surface area (Å²) in [6.45, 7) is 8.31. The van der Waals surface area contributed by atoms with Crippen LogP contribution < -0.4 is 5.73 Å². The van der Waals surface area contributed by atoms with Gasteiger partial charge in [0.15, 0.2) is 0 Å². The van der Waals surface area contributed by atoms with E-state index in [1.165, 1.54) is 19.5 Å². The fourth-order valence-electron chi connectivity index (χ4n) is 2.41. The quantitative estimate of drug-likeness (QED) is 0.870. The zero-order chi connectivity index (χ0) is 12.3. The molecule has 1 aromatic heterocycles. The van der Waals surface area contributed by atoms with Crippen LogP contribution in [0.15, 0.2) is 18.3 Å². The number of aromatic nitrogens is 1. The summed E-state index contributed by atoms with van der Waals surface area (Å²) in [5, 5.41) is 0. The lowest BCUT2D eigenvalue weighted by atomic mass is 9.88. The van der Waals surface area contributed by atoms with Crippen molar-refractivity contribution in [1.29, 1.82) is 0 Å². The molecule has 3 nitrogen and oxygen atoms in total. The van der Waals surface area contributed by atoms with E-state index in [-0.39, 0.29) is 0 Å². The van der Waals surface area contributed by atoms with Gasteiger partial charge >= 0.3 is 0 Å². The normalized spacial score (nSPS) is 26.0. The Labute approximate surface area is 104 Å². The number of hydrogen-bond acceptors (Lipinski definition) is 3. The van der Waals surface area contributed by atoms with Gasteiger partial charge in [-0.3, -0.25) is 4.98 Å². The molecule has 1 aliphatic heterocycles. The van der Waals surface area contributed by atoms with E-state index in [4.69, 9.17) is 5.73 Å². The smallest absolute Gasteiger partial charge is 0.0501 e. The maximum atomic E-state index is 5.63. The second-order valence-corrected chi connectivity index (χ2v) is 5.38. The van der Waals surface area contributed by atoms with Gasteiger partial charge in [-0.25, -0.2) is 0 Å². The first-order chi connectivity index (χ1) is 8.15. The summed E-state index contributed by atoms with van der Waals surface area (Å²) < 4.78 is 0. The van der Waals surface area contributed by atoms with Crippen LogP contribution >= 0.6 is 0 Å². The Morgan fingerprint density at radius 3 is 2.82 bits per heavy atom. The SMILES string of the molecule is CC1CCN(CCc2ccc(N)cn2)CC1C. The Balaban J connectivity index is 1.80. The highest BCUT2D eigenvalue weighted by atomic mass is 15.1. The molecule has 2 heterocycles. The topological polar surface area (TPSA) is 42.1 Å². The van der Waals surface area contributed by atoms with Crippen LogP contribution in [0.3, 0.4) is 0 Å². The molecule has 2 N–H and O–H groups in total. The minimum atomic E-state index is 0.745. The van der Waals surface area contributed by atoms with E-state index >= 15 is 0 Å². The molecule has 0 radical (unpaired) electrons. The minimum absolute atomic E-state index is 0.745. The third-order valence-corrected chi connectivity index (χ3v) is 3.95. The molecule has 2 unspecified atom stereocenters. The summed E-state index contributed by atoms with van der Waals surface area (Å²) in [4.78, 5) is 6.90. The molecular weight excluding hydrogens is 210 g/mol. The summed E-state index contributed by atoms with van der Waals surface area (Å²) >= 11 is 0. The van der Waals surface area contributed by atoms with E-state index in [0.29, 0.717) is 0 Å². The van der Waals surface area contributed by atoms with Crippen LogP contribution in [0.4, 0.5) is 5.69 Å². The van der Waals surface area contributed by atoms with Crippen molar-refractivity contribution in [2.75, 3.05) is 25.4 Å². The lowest BCUT2D eigenvalue weighted by Gasteiger charge is -2.35. The lowest BCUT2D eigenvalue weighted by Crippen LogP contribution is -2.39. The number of hydrogen-bond donors (Lipinski definition) is 1. The first-order valence-electron chi connectivity index (χ1n) is 6.58. The molecule has 0 amide bonds. The molecule has 0 bridgehead atoms. The molecule has 0 saturated carbocycles. The highest BCUT2D eigenvalue weighted by molar-refractivity contribution is 5.34. The zero-order valence-electron chi connectivity index (χ0n) is 10.9. The predicted molar refractivity (Wildman–Crippen MR) is 71.7 cm³/mol. The standard InChI is InChI=1S/C14H23N3/c1-11-5-7-17(10-12(11)2)8-6-14-4-3-13(15)9-16-14/h3-4,9,11-12H,5-8,10,15H2,1-2H3. The molecule has 94 valence electrons. The van der Waals surface area contributed by atoms with Crippen molar-refractivity contribution >= 4 is 5.69 Å². The van der Waals surface area contributed by atoms with Gasteiger partial charge in [-0.2, -0.15) is 0 Å². The molecule has 17 heavy (non-hydrogen) atoms. The van der Waals surface area contributed by atoms with Crippen LogP contribution in [0.25, 0.3) is 0 Å². The number of rotatable bonds is 3. The highest BCUT2D eigenvalue weighted by Gasteiger charge is 2.22. The number of nitrogen functional groups attached to an aromatic ring is 1. The van der Waals surface area contributed by atoms with E-state index in [1.54, 1.807) is 6.20 Å². The van der Waals surface area contributed by atoms with Gasteiger partial charge in [-0.05, 0) is 36.9 Å². The second kappa shape index (κ2) is 5.50. The maximum Gasteiger partial charge on any atom is 0.0501 e. The fourth-order valence-corrected chi connectivity index (χ4v) is 2.41. The molecule has 2 rings (SSSR count). The van der Waals surface area contributed by atoms with E-state index in [9.17, 15) is 0 Å². The molecule has 1 fully saturated rings. The first-order valence-corrected chi connectivity index (χ1v) is 6.58. The van der Waals surface area contributed by atoms with Crippen LogP contribution in [0, 0.1) is 11.8 Å². The number of anilines is 1. The van der Waals surface area contributed by atoms with Crippen molar-refractivity contribution in [3.63, 3.8) is 0 Å². The average molecular weight is 233 g/mol. The molecule has 3 heteroatoms. The van der Waals surface area contributed by atoms with Gasteiger partial charge in [0.2, 0.25) is 0 Å². The molecular formula is C14H23N3. The van der Waals surface area contributed by atoms with Crippen LogP contribution in [0.5, 0.6) is 0 Å². The monoisotopic (exact) mass is 233 g/mol. The van der Waals surface area contributed by atoms with Gasteiger partial charge in [-0.15, -0.1) is 0 Å². The molecule has 1 aromatic rings. The van der Waals surface area contributed by atoms with Crippen molar-refractivity contribution in [2.45, 2.75) is 26.7 Å². The summed E-state index contributed by atoms with van der Waals surface area (Å²) in [6, 6.07) is 3.97. The Kier molecular flexibility index (Phi) is 4.00. The minimum Gasteiger partial charge on any atom is -0.397 e. The Bertz CT molecular complexity index is 347. The second-order valence-electron chi connectivity index (χ2n) is 5.38. The van der Waals surface area contributed by atoms with Crippen LogP contribution in [-0.2, 0) is 6.42 Å². The van der Waals surface area contributed by atoms with Crippen molar-refractivity contribution in [2.24, 2.45) is 11.8 Å². The predicted octanol–water partition coefficient (Wildman–Crippen LogP) is 2.18. The summed E-state index contributed by atoms with van der Waals surface area (Å²) in [5.41, 5.74) is 7.51. The van der Waals surface area contributed by atoms with Crippen LogP contribution in [0.1, 0.15) is 26.0 Å². The van der Waals surface area contributed by atoms with Gasteiger partial charge in [-0.1, -0.05) is 13.8 Å². The molecule has 0 spiro atoms. The number of pyridine rings is 1. The fraction of sp³-hybridized carbons (Fsp3) is 0.643. The van der Waals surface area contributed by atoms with Crippen molar-refractivity contribution < 1.29 is 0 Å². The average Bonchev–Trinajstić information content (AvgIpc) is 2.33. The number of nitrogens with zero attached hydrogens (tertiary/aromatic N) is 2. The van der Waals surface area contributed by atoms with Crippen LogP contribution in [-0.4, -0.2) is 29.5 Å². The zero-order valence-corrected chi connectivity index (χ0v) is 10.9. The third-order valence-electron chi connectivity index (χ3n) is 3.95. The highest BCUT2D eigenvalue weighted by Crippen LogP contribution is 2.22. The van der Waals surface area contributed by atoms with Crippen molar-refractivity contribution in [1.82, 2.24) is 9.88 Å². The van der Waals surface area contributed by atoms with Gasteiger partial charge in [0.05, 0.1) is 11.9 Å². The van der Waals surface area contributed by atoms with Gasteiger partial charge in [0, 0.05) is 25.2 Å². The first kappa shape index (κ1) is 12.4. The van der Waals surface area contributed by atoms with Gasteiger partial charge in [0.25, 0.3) is 0 Å². The van der Waals surface area contributed by atoms with E-state index in [1.807, 2.05) is 12.1 Å². The van der Waals surface area contributed by atoms with E-state index in [2.05, 4.69) is 23.7 Å². The third kappa shape index (κ3) is 3.43. The lowest BCUT2D eigenvalue weighted by molar-refractivity contribution is 0.139. The van der Waals surface area contributed by atoms with Gasteiger partial charge < -0.3 is 10.6 Å². The Morgan fingerprint density at radius 2 is 2.18 bits per heavy atom. The number of nitrogens with two attached hydrogens (primary N) is 1. The van der Waals surface area contributed by atoms with Gasteiger partial charge in [0.1, 0.15) is 0 Å². The van der Waals surface area contributed by atoms with Crippen molar-refractivity contribution in [3.8, 4) is 0 Å². The van der Waals surface area contributed by atoms with Crippen LogP contribution in [0.2, 0.25) is 0 Å². The van der Waals surface area contributed by atoms with E-state index in [0.717, 1.165) is 36.2 Å². The number of likely N-dealkylation sites (tertiary alicyclic amines) is 1. The molecule has 2 atom stereocenters. The summed E-state index contributed by atoms with van der Waals surface area (Å²) in [6.07, 6.45) is 4.11. The van der Waals surface area contributed by atoms with Crippen molar-refractivity contribution in [3.05, 3.63) is 24.0 Å². The molecule has 1 aliphatic rings. The molecule has 0 aliphatic carbocycles. The largest absolute Gasteiger partial charge is 0.397 e. The summed E-state index contributed by atoms with van der Waals surface area (Å²) in [5.74, 6) is 1.70. The van der Waals surface area contributed by atoms with E-state index < -0.39 is 0 Å². The molecule has 0 aromatic carbocycles. The Morgan fingerprint density at radius 1 is 1.35 bits per heavy atom. The maximum absolute atomic E-state index is 5.63. The Hall–Kier alpha value is -1.09.